The summed E-state index contributed by atoms with van der Waals surface area (Å²) < 4.78 is 10.2. The molecule has 2 fully saturated rings. The van der Waals surface area contributed by atoms with Crippen LogP contribution in [0.15, 0.2) is 47.3 Å². The average Bonchev–Trinajstić information content (AvgIpc) is 3.34. The third-order valence-electron chi connectivity index (χ3n) is 6.20. The van der Waals surface area contributed by atoms with Crippen LogP contribution in [0, 0.1) is 5.92 Å². The molecule has 7 nitrogen and oxygen atoms in total. The molecule has 7 heteroatoms. The number of carbonyl (C=O) groups excluding carboxylic acids is 2. The molecule has 2 aliphatic heterocycles. The van der Waals surface area contributed by atoms with E-state index in [1.807, 2.05) is 17.0 Å². The molecule has 1 N–H and O–H groups in total. The van der Waals surface area contributed by atoms with Gasteiger partial charge in [0.25, 0.3) is 5.91 Å². The summed E-state index contributed by atoms with van der Waals surface area (Å²) in [5, 5.41) is 3.25. The molecule has 0 saturated carbocycles. The molecular weight excluding hydrogens is 382 g/mol. The molecule has 0 unspecified atom stereocenters. The number of rotatable bonds is 5. The number of nitrogens with zero attached hydrogens (tertiary/aromatic N) is 2. The first-order valence-electron chi connectivity index (χ1n) is 10.6. The zero-order valence-corrected chi connectivity index (χ0v) is 17.4. The van der Waals surface area contributed by atoms with E-state index in [9.17, 15) is 9.59 Å². The number of piperidine rings is 2. The van der Waals surface area contributed by atoms with Crippen molar-refractivity contribution in [3.05, 3.63) is 48.4 Å². The highest BCUT2D eigenvalue weighted by molar-refractivity contribution is 5.94. The van der Waals surface area contributed by atoms with Crippen LogP contribution in [0.3, 0.4) is 0 Å². The fraction of sp³-hybridized carbons (Fsp3) is 0.478. The Balaban J connectivity index is 1.21. The third-order valence-corrected chi connectivity index (χ3v) is 6.20. The molecule has 2 aromatic rings. The van der Waals surface area contributed by atoms with Crippen molar-refractivity contribution in [2.75, 3.05) is 38.2 Å². The number of hydrogen-bond acceptors (Lipinski definition) is 5. The lowest BCUT2D eigenvalue weighted by Gasteiger charge is -2.36. The van der Waals surface area contributed by atoms with Gasteiger partial charge in [0.1, 0.15) is 12.0 Å². The molecule has 1 aromatic carbocycles. The molecule has 0 bridgehead atoms. The minimum atomic E-state index is -0.0199. The van der Waals surface area contributed by atoms with Crippen LogP contribution in [0.2, 0.25) is 0 Å². The van der Waals surface area contributed by atoms with Gasteiger partial charge >= 0.3 is 0 Å². The number of ether oxygens (including phenoxy) is 1. The quantitative estimate of drug-likeness (QED) is 0.819. The van der Waals surface area contributed by atoms with E-state index in [2.05, 4.69) is 22.3 Å². The standard InChI is InChI=1S/C23H29N3O4/c1-29-21-4-2-20(3-5-21)25-13-8-19(9-14-25)24-22(27)17-6-11-26(12-7-17)23(28)18-10-15-30-16-18/h2-5,10,15-17,19H,6-9,11-14H2,1H3,(H,24,27). The molecule has 0 aliphatic carbocycles. The van der Waals surface area contributed by atoms with Crippen LogP contribution in [-0.4, -0.2) is 56.0 Å². The normalized spacial score (nSPS) is 18.3. The molecule has 3 heterocycles. The van der Waals surface area contributed by atoms with E-state index in [4.69, 9.17) is 9.15 Å². The van der Waals surface area contributed by atoms with Crippen LogP contribution in [0.4, 0.5) is 5.69 Å². The van der Waals surface area contributed by atoms with Crippen molar-refractivity contribution in [1.29, 1.82) is 0 Å². The second-order valence-corrected chi connectivity index (χ2v) is 8.05. The van der Waals surface area contributed by atoms with Crippen molar-refractivity contribution in [1.82, 2.24) is 10.2 Å². The Bertz CT molecular complexity index is 834. The molecule has 4 rings (SSSR count). The van der Waals surface area contributed by atoms with Gasteiger partial charge in [-0.25, -0.2) is 0 Å². The summed E-state index contributed by atoms with van der Waals surface area (Å²) in [7, 11) is 1.67. The van der Waals surface area contributed by atoms with Crippen molar-refractivity contribution in [3.63, 3.8) is 0 Å². The van der Waals surface area contributed by atoms with Crippen molar-refractivity contribution >= 4 is 17.5 Å². The van der Waals surface area contributed by atoms with E-state index in [1.54, 1.807) is 13.2 Å². The lowest BCUT2D eigenvalue weighted by Crippen LogP contribution is -2.48. The highest BCUT2D eigenvalue weighted by Gasteiger charge is 2.30. The molecule has 2 aliphatic rings. The number of likely N-dealkylation sites (tertiary alicyclic amines) is 1. The number of benzene rings is 1. The van der Waals surface area contributed by atoms with Gasteiger partial charge < -0.3 is 24.3 Å². The number of amides is 2. The minimum Gasteiger partial charge on any atom is -0.497 e. The van der Waals surface area contributed by atoms with E-state index in [0.717, 1.165) is 31.7 Å². The van der Waals surface area contributed by atoms with Crippen molar-refractivity contribution in [2.45, 2.75) is 31.7 Å². The molecule has 0 radical (unpaired) electrons. The SMILES string of the molecule is COc1ccc(N2CCC(NC(=O)C3CCN(C(=O)c4ccoc4)CC3)CC2)cc1. The van der Waals surface area contributed by atoms with Crippen LogP contribution >= 0.6 is 0 Å². The van der Waals surface area contributed by atoms with Crippen molar-refractivity contribution in [2.24, 2.45) is 5.92 Å². The summed E-state index contributed by atoms with van der Waals surface area (Å²) >= 11 is 0. The second kappa shape index (κ2) is 9.24. The molecule has 1 aromatic heterocycles. The Morgan fingerprint density at radius 1 is 1.00 bits per heavy atom. The average molecular weight is 412 g/mol. The van der Waals surface area contributed by atoms with Crippen molar-refractivity contribution < 1.29 is 18.7 Å². The van der Waals surface area contributed by atoms with Gasteiger partial charge in [0, 0.05) is 43.8 Å². The Hall–Kier alpha value is -2.96. The van der Waals surface area contributed by atoms with E-state index >= 15 is 0 Å². The van der Waals surface area contributed by atoms with Gasteiger partial charge in [-0.2, -0.15) is 0 Å². The van der Waals surface area contributed by atoms with Crippen LogP contribution < -0.4 is 15.0 Å². The van der Waals surface area contributed by atoms with E-state index in [1.165, 1.54) is 18.2 Å². The summed E-state index contributed by atoms with van der Waals surface area (Å²) in [5.74, 6) is 0.957. The number of methoxy groups -OCH3 is 1. The lowest BCUT2D eigenvalue weighted by atomic mass is 9.94. The Morgan fingerprint density at radius 3 is 2.30 bits per heavy atom. The number of anilines is 1. The van der Waals surface area contributed by atoms with Crippen LogP contribution in [-0.2, 0) is 4.79 Å². The Kier molecular flexibility index (Phi) is 6.26. The number of nitrogens with one attached hydrogen (secondary N) is 1. The summed E-state index contributed by atoms with van der Waals surface area (Å²) in [6, 6.07) is 10.0. The number of furan rings is 1. The fourth-order valence-electron chi connectivity index (χ4n) is 4.31. The number of carbonyl (C=O) groups is 2. The Morgan fingerprint density at radius 2 is 1.70 bits per heavy atom. The first-order chi connectivity index (χ1) is 14.6. The molecule has 30 heavy (non-hydrogen) atoms. The summed E-state index contributed by atoms with van der Waals surface area (Å²) in [6.45, 7) is 3.07. The van der Waals surface area contributed by atoms with E-state index in [-0.39, 0.29) is 23.8 Å². The predicted molar refractivity (Wildman–Crippen MR) is 114 cm³/mol. The van der Waals surface area contributed by atoms with Crippen molar-refractivity contribution in [3.8, 4) is 5.75 Å². The van der Waals surface area contributed by atoms with Gasteiger partial charge in [-0.1, -0.05) is 0 Å². The molecule has 2 amide bonds. The zero-order valence-electron chi connectivity index (χ0n) is 17.4. The fourth-order valence-corrected chi connectivity index (χ4v) is 4.31. The highest BCUT2D eigenvalue weighted by Crippen LogP contribution is 2.24. The largest absolute Gasteiger partial charge is 0.497 e. The maximum Gasteiger partial charge on any atom is 0.257 e. The molecule has 0 atom stereocenters. The summed E-state index contributed by atoms with van der Waals surface area (Å²) in [4.78, 5) is 29.3. The van der Waals surface area contributed by atoms with Gasteiger partial charge in [0.15, 0.2) is 0 Å². The molecule has 0 spiro atoms. The summed E-state index contributed by atoms with van der Waals surface area (Å²) in [5.41, 5.74) is 1.76. The monoisotopic (exact) mass is 411 g/mol. The maximum absolute atomic E-state index is 12.7. The van der Waals surface area contributed by atoms with E-state index < -0.39 is 0 Å². The number of hydrogen-bond donors (Lipinski definition) is 1. The highest BCUT2D eigenvalue weighted by atomic mass is 16.5. The van der Waals surface area contributed by atoms with Gasteiger partial charge in [0.2, 0.25) is 5.91 Å². The van der Waals surface area contributed by atoms with Crippen LogP contribution in [0.25, 0.3) is 0 Å². The Labute approximate surface area is 177 Å². The third kappa shape index (κ3) is 4.61. The molecule has 2 saturated heterocycles. The second-order valence-electron chi connectivity index (χ2n) is 8.05. The van der Waals surface area contributed by atoms with Crippen LogP contribution in [0.1, 0.15) is 36.0 Å². The van der Waals surface area contributed by atoms with E-state index in [0.29, 0.717) is 31.5 Å². The lowest BCUT2D eigenvalue weighted by molar-refractivity contribution is -0.127. The van der Waals surface area contributed by atoms with Gasteiger partial charge in [0.05, 0.1) is 18.9 Å². The predicted octanol–water partition coefficient (Wildman–Crippen LogP) is 2.93. The van der Waals surface area contributed by atoms with Gasteiger partial charge in [-0.15, -0.1) is 0 Å². The maximum atomic E-state index is 12.7. The zero-order chi connectivity index (χ0) is 20.9. The molecule has 160 valence electrons. The topological polar surface area (TPSA) is 75.0 Å². The minimum absolute atomic E-state index is 0.0157. The summed E-state index contributed by atoms with van der Waals surface area (Å²) in [6.07, 6.45) is 6.28. The first kappa shape index (κ1) is 20.3. The van der Waals surface area contributed by atoms with Gasteiger partial charge in [-0.3, -0.25) is 9.59 Å². The van der Waals surface area contributed by atoms with Gasteiger partial charge in [-0.05, 0) is 56.0 Å². The first-order valence-corrected chi connectivity index (χ1v) is 10.6. The smallest absolute Gasteiger partial charge is 0.257 e. The molecular formula is C23H29N3O4. The van der Waals surface area contributed by atoms with Crippen LogP contribution in [0.5, 0.6) is 5.75 Å².